The van der Waals surface area contributed by atoms with Crippen LogP contribution < -0.4 is 16.6 Å². The zero-order valence-corrected chi connectivity index (χ0v) is 20.3. The van der Waals surface area contributed by atoms with Crippen molar-refractivity contribution in [3.8, 4) is 11.3 Å². The van der Waals surface area contributed by atoms with Crippen LogP contribution in [0.2, 0.25) is 0 Å². The molecule has 36 heavy (non-hydrogen) atoms. The number of aromatic nitrogens is 7. The van der Waals surface area contributed by atoms with E-state index in [2.05, 4.69) is 31.8 Å². The van der Waals surface area contributed by atoms with E-state index in [1.165, 1.54) is 44.2 Å². The van der Waals surface area contributed by atoms with Crippen LogP contribution in [0.5, 0.6) is 0 Å². The van der Waals surface area contributed by atoms with E-state index < -0.39 is 23.0 Å². The summed E-state index contributed by atoms with van der Waals surface area (Å²) in [6.07, 6.45) is 4.97. The van der Waals surface area contributed by atoms with Crippen molar-refractivity contribution < 1.29 is 9.18 Å². The van der Waals surface area contributed by atoms with E-state index in [0.717, 1.165) is 4.57 Å². The van der Waals surface area contributed by atoms with Crippen molar-refractivity contribution >= 4 is 23.3 Å². The van der Waals surface area contributed by atoms with Crippen molar-refractivity contribution in [2.24, 2.45) is 7.05 Å². The normalized spacial score (nSPS) is 12.5. The second kappa shape index (κ2) is 9.29. The third-order valence-corrected chi connectivity index (χ3v) is 5.75. The van der Waals surface area contributed by atoms with Crippen LogP contribution in [0.25, 0.3) is 22.4 Å². The van der Waals surface area contributed by atoms with Gasteiger partial charge >= 0.3 is 5.69 Å². The van der Waals surface area contributed by atoms with Gasteiger partial charge in [-0.25, -0.2) is 29.1 Å². The number of halogens is 1. The number of carbonyl (C=O) groups is 1. The van der Waals surface area contributed by atoms with E-state index in [4.69, 9.17) is 0 Å². The molecule has 0 bridgehead atoms. The average molecular weight is 493 g/mol. The zero-order valence-electron chi connectivity index (χ0n) is 20.3. The van der Waals surface area contributed by atoms with Crippen molar-refractivity contribution in [1.82, 2.24) is 33.6 Å². The molecular weight excluding hydrogens is 467 g/mol. The summed E-state index contributed by atoms with van der Waals surface area (Å²) in [7, 11) is 1.49. The van der Waals surface area contributed by atoms with Gasteiger partial charge in [0.05, 0.1) is 24.6 Å². The first-order valence-electron chi connectivity index (χ1n) is 11.1. The summed E-state index contributed by atoms with van der Waals surface area (Å²) in [6.45, 7) is 8.31. The molecule has 4 aromatic heterocycles. The van der Waals surface area contributed by atoms with Gasteiger partial charge in [-0.15, -0.1) is 0 Å². The molecule has 0 saturated carbocycles. The Morgan fingerprint density at radius 2 is 1.92 bits per heavy atom. The van der Waals surface area contributed by atoms with Gasteiger partial charge in [0.1, 0.15) is 12.1 Å². The molecule has 0 unspecified atom stereocenters. The highest BCUT2D eigenvalue weighted by molar-refractivity contribution is 5.71. The van der Waals surface area contributed by atoms with Gasteiger partial charge < -0.3 is 14.7 Å². The minimum Gasteiger partial charge on any atom is -0.342 e. The van der Waals surface area contributed by atoms with E-state index >= 15 is 0 Å². The Balaban J connectivity index is 1.62. The quantitative estimate of drug-likeness (QED) is 0.371. The second-order valence-corrected chi connectivity index (χ2v) is 8.75. The second-order valence-electron chi connectivity index (χ2n) is 8.75. The van der Waals surface area contributed by atoms with E-state index in [0.29, 0.717) is 29.1 Å². The smallest absolute Gasteiger partial charge is 0.332 e. The average Bonchev–Trinajstić information content (AvgIpc) is 3.30. The van der Waals surface area contributed by atoms with Crippen LogP contribution in [0.15, 0.2) is 58.8 Å². The lowest BCUT2D eigenvalue weighted by atomic mass is 10.1. The number of nitrogens with zero attached hydrogens (tertiary/aromatic N) is 7. The Bertz CT molecular complexity index is 1580. The summed E-state index contributed by atoms with van der Waals surface area (Å²) in [5.74, 6) is 0.564. The summed E-state index contributed by atoms with van der Waals surface area (Å²) in [5, 5.41) is 3.14. The summed E-state index contributed by atoms with van der Waals surface area (Å²) in [6, 6.07) is 4.84. The van der Waals surface area contributed by atoms with Gasteiger partial charge in [-0.2, -0.15) is 0 Å². The molecule has 4 aromatic rings. The topological polar surface area (TPSA) is 130 Å². The van der Waals surface area contributed by atoms with Gasteiger partial charge in [-0.1, -0.05) is 12.6 Å². The van der Waals surface area contributed by atoms with Crippen molar-refractivity contribution in [1.29, 1.82) is 0 Å². The summed E-state index contributed by atoms with van der Waals surface area (Å²) >= 11 is 0. The first kappa shape index (κ1) is 24.6. The number of anilines is 1. The first-order valence-corrected chi connectivity index (χ1v) is 11.1. The number of aryl methyl sites for hydroxylation is 1. The van der Waals surface area contributed by atoms with Crippen molar-refractivity contribution in [3.63, 3.8) is 0 Å². The molecule has 1 atom stereocenters. The third kappa shape index (κ3) is 4.44. The van der Waals surface area contributed by atoms with Crippen LogP contribution in [0, 0.1) is 0 Å². The van der Waals surface area contributed by atoms with Crippen LogP contribution in [-0.2, 0) is 24.1 Å². The molecule has 1 N–H and O–H groups in total. The maximum atomic E-state index is 14.1. The van der Waals surface area contributed by atoms with Gasteiger partial charge in [-0.3, -0.25) is 13.9 Å². The van der Waals surface area contributed by atoms with Gasteiger partial charge in [0, 0.05) is 30.7 Å². The lowest BCUT2D eigenvalue weighted by molar-refractivity contribution is -0.108. The van der Waals surface area contributed by atoms with Crippen molar-refractivity contribution in [2.45, 2.75) is 39.0 Å². The number of carbonyl (C=O) groups excluding carboxylic acids is 1. The summed E-state index contributed by atoms with van der Waals surface area (Å²) in [5.41, 5.74) is -0.828. The Morgan fingerprint density at radius 1 is 1.22 bits per heavy atom. The fourth-order valence-electron chi connectivity index (χ4n) is 3.69. The maximum Gasteiger partial charge on any atom is 0.332 e. The van der Waals surface area contributed by atoms with Crippen molar-refractivity contribution in [3.05, 3.63) is 75.9 Å². The molecule has 0 radical (unpaired) electrons. The number of pyridine rings is 1. The Kier molecular flexibility index (Phi) is 6.35. The Hall–Kier alpha value is -4.48. The molecule has 0 aliphatic heterocycles. The highest BCUT2D eigenvalue weighted by Gasteiger charge is 2.23. The van der Waals surface area contributed by atoms with Crippen LogP contribution in [0.4, 0.5) is 10.2 Å². The molecule has 0 aliphatic carbocycles. The highest BCUT2D eigenvalue weighted by Crippen LogP contribution is 2.25. The highest BCUT2D eigenvalue weighted by atomic mass is 19.1. The van der Waals surface area contributed by atoms with Crippen LogP contribution in [0.3, 0.4) is 0 Å². The van der Waals surface area contributed by atoms with Crippen molar-refractivity contribution in [2.75, 3.05) is 5.32 Å². The monoisotopic (exact) mass is 492 g/mol. The van der Waals surface area contributed by atoms with Gasteiger partial charge in [0.2, 0.25) is 0 Å². The number of allylic oxidation sites excluding steroid dienone is 1. The number of rotatable bonds is 8. The largest absolute Gasteiger partial charge is 0.342 e. The minimum absolute atomic E-state index is 0.0833. The fourth-order valence-corrected chi connectivity index (χ4v) is 3.69. The standard InChI is InChI=1S/C24H25FN8O3/c1-14(15(2)33-13-28-20-19(33)21(35)32(9-10-34)23(36)31(20)5)29-18-8-6-7-17(30-18)16-11-26-22(27-12-16)24(3,4)25/h6-8,10-13,15H,1,9H2,2-5H3,(H,29,30)/t15-/m0/s1. The van der Waals surface area contributed by atoms with E-state index in [1.807, 2.05) is 0 Å². The SMILES string of the molecule is C=C(Nc1cccc(-c2cnc(C(C)(C)F)nc2)n1)[C@H](C)n1cnc2c1c(=O)n(CC=O)c(=O)n2C. The summed E-state index contributed by atoms with van der Waals surface area (Å²) < 4.78 is 17.7. The Labute approximate surface area is 205 Å². The molecule has 0 fully saturated rings. The number of alkyl halides is 1. The number of hydrogen-bond donors (Lipinski definition) is 1. The molecule has 0 saturated heterocycles. The molecule has 0 spiro atoms. The number of fused-ring (bicyclic) bond motifs is 1. The van der Waals surface area contributed by atoms with E-state index in [9.17, 15) is 18.8 Å². The maximum absolute atomic E-state index is 14.1. The van der Waals surface area contributed by atoms with Gasteiger partial charge in [0.25, 0.3) is 5.56 Å². The molecule has 12 heteroatoms. The molecule has 0 aromatic carbocycles. The van der Waals surface area contributed by atoms with E-state index in [-0.39, 0.29) is 23.5 Å². The van der Waals surface area contributed by atoms with E-state index in [1.54, 1.807) is 29.7 Å². The molecule has 11 nitrogen and oxygen atoms in total. The number of hydrogen-bond acceptors (Lipinski definition) is 8. The fraction of sp³-hybridized carbons (Fsp3) is 0.292. The van der Waals surface area contributed by atoms with Crippen LogP contribution in [-0.4, -0.2) is 39.9 Å². The molecule has 0 amide bonds. The van der Waals surface area contributed by atoms with Gasteiger partial charge in [0.15, 0.2) is 22.7 Å². The number of imidazole rings is 1. The third-order valence-electron chi connectivity index (χ3n) is 5.75. The molecular formula is C24H25FN8O3. The lowest BCUT2D eigenvalue weighted by Gasteiger charge is -2.19. The number of nitrogens with one attached hydrogen (secondary N) is 1. The molecule has 0 aliphatic rings. The minimum atomic E-state index is -1.65. The van der Waals surface area contributed by atoms with Crippen LogP contribution in [0.1, 0.15) is 32.6 Å². The molecule has 4 heterocycles. The van der Waals surface area contributed by atoms with Gasteiger partial charge in [-0.05, 0) is 32.9 Å². The molecule has 4 rings (SSSR count). The molecule has 186 valence electrons. The predicted molar refractivity (Wildman–Crippen MR) is 132 cm³/mol. The number of aldehydes is 1. The Morgan fingerprint density at radius 3 is 2.56 bits per heavy atom. The zero-order chi connectivity index (χ0) is 26.2. The lowest BCUT2D eigenvalue weighted by Crippen LogP contribution is -2.40. The predicted octanol–water partition coefficient (Wildman–Crippen LogP) is 2.34. The summed E-state index contributed by atoms with van der Waals surface area (Å²) in [4.78, 5) is 53.4. The first-order chi connectivity index (χ1) is 17.0. The van der Waals surface area contributed by atoms with Crippen LogP contribution >= 0.6 is 0 Å².